The average molecular weight is 261 g/mol. The van der Waals surface area contributed by atoms with Gasteiger partial charge < -0.3 is 10.0 Å². The molecule has 0 saturated heterocycles. The standard InChI is InChI=1S/C16H23NO2/c1-3-12-4-8-14(9-5-12)17(2)16(19)13-6-10-15(18)11-7-13/h4-5,8-9,13,15,18H,3,6-7,10-11H2,1-2H3. The highest BCUT2D eigenvalue weighted by Crippen LogP contribution is 2.27. The van der Waals surface area contributed by atoms with Gasteiger partial charge in [0, 0.05) is 18.7 Å². The molecule has 2 rings (SSSR count). The first kappa shape index (κ1) is 14.1. The number of aliphatic hydroxyl groups excluding tert-OH is 1. The van der Waals surface area contributed by atoms with Crippen LogP contribution in [0.25, 0.3) is 0 Å². The Kier molecular flexibility index (Phi) is 4.59. The van der Waals surface area contributed by atoms with Crippen LogP contribution in [0.5, 0.6) is 0 Å². The van der Waals surface area contributed by atoms with Gasteiger partial charge in [0.05, 0.1) is 6.10 Å². The molecule has 3 nitrogen and oxygen atoms in total. The van der Waals surface area contributed by atoms with Crippen molar-refractivity contribution in [2.75, 3.05) is 11.9 Å². The highest BCUT2D eigenvalue weighted by Gasteiger charge is 2.27. The molecule has 1 fully saturated rings. The molecule has 0 atom stereocenters. The number of anilines is 1. The Balaban J connectivity index is 2.01. The predicted molar refractivity (Wildman–Crippen MR) is 77.2 cm³/mol. The number of carbonyl (C=O) groups excluding carboxylic acids is 1. The number of nitrogens with zero attached hydrogens (tertiary/aromatic N) is 1. The van der Waals surface area contributed by atoms with Gasteiger partial charge in [0.1, 0.15) is 0 Å². The Morgan fingerprint density at radius 2 is 1.79 bits per heavy atom. The van der Waals surface area contributed by atoms with Crippen molar-refractivity contribution < 1.29 is 9.90 Å². The maximum atomic E-state index is 12.4. The summed E-state index contributed by atoms with van der Waals surface area (Å²) in [6, 6.07) is 8.16. The Hall–Kier alpha value is -1.35. The van der Waals surface area contributed by atoms with Gasteiger partial charge in [-0.15, -0.1) is 0 Å². The minimum absolute atomic E-state index is 0.0688. The summed E-state index contributed by atoms with van der Waals surface area (Å²) in [7, 11) is 1.84. The van der Waals surface area contributed by atoms with E-state index in [1.54, 1.807) is 4.90 Å². The predicted octanol–water partition coefficient (Wildman–Crippen LogP) is 2.76. The summed E-state index contributed by atoms with van der Waals surface area (Å²) in [5.41, 5.74) is 2.23. The van der Waals surface area contributed by atoms with Crippen LogP contribution in [0.15, 0.2) is 24.3 Å². The minimum atomic E-state index is -0.210. The molecule has 1 aliphatic rings. The number of hydrogen-bond acceptors (Lipinski definition) is 2. The van der Waals surface area contributed by atoms with Crippen LogP contribution in [0.1, 0.15) is 38.2 Å². The third kappa shape index (κ3) is 3.35. The van der Waals surface area contributed by atoms with Crippen molar-refractivity contribution in [1.82, 2.24) is 0 Å². The normalized spacial score (nSPS) is 23.1. The smallest absolute Gasteiger partial charge is 0.229 e. The van der Waals surface area contributed by atoms with E-state index >= 15 is 0 Å². The molecule has 1 amide bonds. The van der Waals surface area contributed by atoms with Gasteiger partial charge >= 0.3 is 0 Å². The van der Waals surface area contributed by atoms with Crippen molar-refractivity contribution in [2.24, 2.45) is 5.92 Å². The van der Waals surface area contributed by atoms with Crippen molar-refractivity contribution in [3.63, 3.8) is 0 Å². The van der Waals surface area contributed by atoms with E-state index in [9.17, 15) is 9.90 Å². The summed E-state index contributed by atoms with van der Waals surface area (Å²) in [5, 5.41) is 9.50. The van der Waals surface area contributed by atoms with Crippen molar-refractivity contribution >= 4 is 11.6 Å². The molecule has 1 N–H and O–H groups in total. The van der Waals surface area contributed by atoms with Gasteiger partial charge in [-0.1, -0.05) is 19.1 Å². The van der Waals surface area contributed by atoms with Gasteiger partial charge in [0.15, 0.2) is 0 Å². The SMILES string of the molecule is CCc1ccc(N(C)C(=O)C2CCC(O)CC2)cc1. The lowest BCUT2D eigenvalue weighted by Crippen LogP contribution is -2.35. The van der Waals surface area contributed by atoms with Crippen molar-refractivity contribution in [3.8, 4) is 0 Å². The quantitative estimate of drug-likeness (QED) is 0.909. The first-order valence-corrected chi connectivity index (χ1v) is 7.16. The first-order chi connectivity index (χ1) is 9.11. The molecule has 1 aromatic carbocycles. The summed E-state index contributed by atoms with van der Waals surface area (Å²) in [4.78, 5) is 14.2. The molecular formula is C16H23NO2. The molecule has 1 aliphatic carbocycles. The average Bonchev–Trinajstić information content (AvgIpc) is 2.46. The molecule has 0 bridgehead atoms. The fourth-order valence-electron chi connectivity index (χ4n) is 2.68. The van der Waals surface area contributed by atoms with E-state index in [1.165, 1.54) is 5.56 Å². The Bertz CT molecular complexity index is 419. The second kappa shape index (κ2) is 6.20. The van der Waals surface area contributed by atoms with Crippen molar-refractivity contribution in [3.05, 3.63) is 29.8 Å². The van der Waals surface area contributed by atoms with Gasteiger partial charge in [-0.2, -0.15) is 0 Å². The lowest BCUT2D eigenvalue weighted by atomic mass is 9.86. The molecule has 19 heavy (non-hydrogen) atoms. The highest BCUT2D eigenvalue weighted by molar-refractivity contribution is 5.94. The monoisotopic (exact) mass is 261 g/mol. The lowest BCUT2D eigenvalue weighted by Gasteiger charge is -2.28. The van der Waals surface area contributed by atoms with Crippen LogP contribution >= 0.6 is 0 Å². The van der Waals surface area contributed by atoms with Crippen molar-refractivity contribution in [2.45, 2.75) is 45.1 Å². The molecule has 1 aromatic rings. The molecule has 0 aromatic heterocycles. The topological polar surface area (TPSA) is 40.5 Å². The number of amides is 1. The zero-order chi connectivity index (χ0) is 13.8. The maximum absolute atomic E-state index is 12.4. The second-order valence-corrected chi connectivity index (χ2v) is 5.42. The molecular weight excluding hydrogens is 238 g/mol. The Labute approximate surface area is 115 Å². The van der Waals surface area contributed by atoms with Gasteiger partial charge in [-0.25, -0.2) is 0 Å². The van der Waals surface area contributed by atoms with Crippen LogP contribution in [0.4, 0.5) is 5.69 Å². The fourth-order valence-corrected chi connectivity index (χ4v) is 2.68. The number of hydrogen-bond donors (Lipinski definition) is 1. The molecule has 104 valence electrons. The molecule has 3 heteroatoms. The molecule has 1 saturated carbocycles. The number of aliphatic hydroxyl groups is 1. The summed E-state index contributed by atoms with van der Waals surface area (Å²) < 4.78 is 0. The minimum Gasteiger partial charge on any atom is -0.393 e. The second-order valence-electron chi connectivity index (χ2n) is 5.42. The Morgan fingerprint density at radius 1 is 1.21 bits per heavy atom. The summed E-state index contributed by atoms with van der Waals surface area (Å²) in [6.07, 6.45) is 3.91. The zero-order valence-corrected chi connectivity index (χ0v) is 11.8. The van der Waals surface area contributed by atoms with Crippen LogP contribution in [0, 0.1) is 5.92 Å². The lowest BCUT2D eigenvalue weighted by molar-refractivity contribution is -0.123. The molecule has 0 spiro atoms. The van der Waals surface area contributed by atoms with Crippen LogP contribution in [0.3, 0.4) is 0 Å². The van der Waals surface area contributed by atoms with Crippen LogP contribution in [-0.4, -0.2) is 24.2 Å². The van der Waals surface area contributed by atoms with E-state index in [4.69, 9.17) is 0 Å². The number of carbonyl (C=O) groups is 1. The van der Waals surface area contributed by atoms with Gasteiger partial charge in [0.25, 0.3) is 0 Å². The van der Waals surface area contributed by atoms with E-state index in [1.807, 2.05) is 19.2 Å². The van der Waals surface area contributed by atoms with E-state index < -0.39 is 0 Å². The highest BCUT2D eigenvalue weighted by atomic mass is 16.3. The number of rotatable bonds is 3. The summed E-state index contributed by atoms with van der Waals surface area (Å²) >= 11 is 0. The summed E-state index contributed by atoms with van der Waals surface area (Å²) in [5.74, 6) is 0.246. The van der Waals surface area contributed by atoms with Crippen LogP contribution in [0.2, 0.25) is 0 Å². The third-order valence-corrected chi connectivity index (χ3v) is 4.11. The Morgan fingerprint density at radius 3 is 2.32 bits per heavy atom. The maximum Gasteiger partial charge on any atom is 0.229 e. The summed E-state index contributed by atoms with van der Waals surface area (Å²) in [6.45, 7) is 2.12. The molecule has 0 aliphatic heterocycles. The van der Waals surface area contributed by atoms with E-state index in [0.717, 1.165) is 37.8 Å². The zero-order valence-electron chi connectivity index (χ0n) is 11.8. The van der Waals surface area contributed by atoms with Crippen LogP contribution in [-0.2, 0) is 11.2 Å². The first-order valence-electron chi connectivity index (χ1n) is 7.16. The molecule has 0 radical (unpaired) electrons. The molecule has 0 heterocycles. The number of aryl methyl sites for hydroxylation is 1. The van der Waals surface area contributed by atoms with Gasteiger partial charge in [0.2, 0.25) is 5.91 Å². The van der Waals surface area contributed by atoms with Gasteiger partial charge in [-0.3, -0.25) is 4.79 Å². The molecule has 0 unspecified atom stereocenters. The van der Waals surface area contributed by atoms with Gasteiger partial charge in [-0.05, 0) is 49.8 Å². The van der Waals surface area contributed by atoms with E-state index in [0.29, 0.717) is 0 Å². The van der Waals surface area contributed by atoms with E-state index in [2.05, 4.69) is 19.1 Å². The third-order valence-electron chi connectivity index (χ3n) is 4.11. The fraction of sp³-hybridized carbons (Fsp3) is 0.562. The van der Waals surface area contributed by atoms with Crippen molar-refractivity contribution in [1.29, 1.82) is 0 Å². The number of benzene rings is 1. The largest absolute Gasteiger partial charge is 0.393 e. The van der Waals surface area contributed by atoms with E-state index in [-0.39, 0.29) is 17.9 Å². The van der Waals surface area contributed by atoms with Crippen LogP contribution < -0.4 is 4.90 Å².